The van der Waals surface area contributed by atoms with Gasteiger partial charge in [0, 0.05) is 17.3 Å². The number of sulfone groups is 1. The Bertz CT molecular complexity index is 1030. The molecule has 3 rings (SSSR count). The van der Waals surface area contributed by atoms with Crippen molar-refractivity contribution in [2.24, 2.45) is 0 Å². The van der Waals surface area contributed by atoms with Crippen LogP contribution >= 0.6 is 11.6 Å². The molecule has 1 saturated heterocycles. The first kappa shape index (κ1) is 19.6. The van der Waals surface area contributed by atoms with Crippen LogP contribution in [0.4, 0.5) is 5.69 Å². The number of carbonyl (C=O) groups excluding carboxylic acids is 1. The second-order valence-electron chi connectivity index (χ2n) is 6.93. The van der Waals surface area contributed by atoms with Crippen molar-refractivity contribution in [3.63, 3.8) is 0 Å². The summed E-state index contributed by atoms with van der Waals surface area (Å²) in [6, 6.07) is 5.60. The van der Waals surface area contributed by atoms with Crippen LogP contribution in [0.1, 0.15) is 34.8 Å². The number of halogens is 1. The third kappa shape index (κ3) is 4.42. The van der Waals surface area contributed by atoms with Gasteiger partial charge in [-0.1, -0.05) is 23.7 Å². The fourth-order valence-corrected chi connectivity index (χ4v) is 5.20. The van der Waals surface area contributed by atoms with Crippen LogP contribution in [0.5, 0.6) is 0 Å². The molecule has 2 aromatic rings. The van der Waals surface area contributed by atoms with E-state index in [1.807, 2.05) is 32.0 Å². The van der Waals surface area contributed by atoms with E-state index in [0.29, 0.717) is 22.8 Å². The molecule has 0 spiro atoms. The molecule has 1 amide bonds. The van der Waals surface area contributed by atoms with Crippen molar-refractivity contribution in [1.29, 1.82) is 0 Å². The largest absolute Gasteiger partial charge is 0.322 e. The molecule has 1 fully saturated rings. The maximum atomic E-state index is 12.3. The highest BCUT2D eigenvalue weighted by Gasteiger charge is 2.31. The summed E-state index contributed by atoms with van der Waals surface area (Å²) in [5.74, 6) is -0.0733. The van der Waals surface area contributed by atoms with Gasteiger partial charge in [0.05, 0.1) is 23.2 Å². The van der Waals surface area contributed by atoms with Crippen molar-refractivity contribution >= 4 is 39.1 Å². The number of nitrogens with one attached hydrogen (secondary N) is 1. The predicted octanol–water partition coefficient (Wildman–Crippen LogP) is 3.47. The molecule has 0 radical (unpaired) electrons. The van der Waals surface area contributed by atoms with E-state index in [9.17, 15) is 13.2 Å². The van der Waals surface area contributed by atoms with Crippen molar-refractivity contribution < 1.29 is 13.2 Å². The van der Waals surface area contributed by atoms with Crippen LogP contribution < -0.4 is 5.32 Å². The number of amides is 1. The zero-order valence-electron chi connectivity index (χ0n) is 15.5. The maximum Gasteiger partial charge on any atom is 0.248 e. The molecule has 27 heavy (non-hydrogen) atoms. The standard InChI is InChI=1S/C19H22ClN3O3S/c1-12-4-5-13(2)17(10-12)21-18(24)7-6-16-14(3)22-23(19(16)20)15-8-9-27(25,26)11-15/h4-7,10,15H,8-9,11H2,1-3H3,(H,21,24)/b7-6+/t15-/m0/s1. The fraction of sp³-hybridized carbons (Fsp3) is 0.368. The van der Waals surface area contributed by atoms with Gasteiger partial charge < -0.3 is 5.32 Å². The molecule has 0 aliphatic carbocycles. The highest BCUT2D eigenvalue weighted by atomic mass is 35.5. The predicted molar refractivity (Wildman–Crippen MR) is 108 cm³/mol. The Kier molecular flexibility index (Phi) is 5.44. The zero-order chi connectivity index (χ0) is 19.8. The van der Waals surface area contributed by atoms with E-state index in [-0.39, 0.29) is 23.5 Å². The number of aryl methyl sites for hydroxylation is 3. The van der Waals surface area contributed by atoms with E-state index in [1.54, 1.807) is 17.7 Å². The van der Waals surface area contributed by atoms with E-state index in [4.69, 9.17) is 11.6 Å². The van der Waals surface area contributed by atoms with Gasteiger partial charge in [0.25, 0.3) is 0 Å². The van der Waals surface area contributed by atoms with Gasteiger partial charge in [0.15, 0.2) is 9.84 Å². The lowest BCUT2D eigenvalue weighted by atomic mass is 10.1. The number of carbonyl (C=O) groups is 1. The number of aromatic nitrogens is 2. The Hall–Kier alpha value is -2.12. The number of hydrogen-bond donors (Lipinski definition) is 1. The molecule has 1 aromatic carbocycles. The minimum absolute atomic E-state index is 0.0457. The monoisotopic (exact) mass is 407 g/mol. The van der Waals surface area contributed by atoms with Gasteiger partial charge in [-0.25, -0.2) is 13.1 Å². The van der Waals surface area contributed by atoms with E-state index >= 15 is 0 Å². The average Bonchev–Trinajstić information content (AvgIpc) is 3.08. The molecular formula is C19H22ClN3O3S. The first-order valence-electron chi connectivity index (χ1n) is 8.67. The van der Waals surface area contributed by atoms with Crippen LogP contribution in [0.3, 0.4) is 0 Å². The topological polar surface area (TPSA) is 81.1 Å². The summed E-state index contributed by atoms with van der Waals surface area (Å²) >= 11 is 6.42. The van der Waals surface area contributed by atoms with Crippen LogP contribution in [-0.2, 0) is 14.6 Å². The Morgan fingerprint density at radius 1 is 1.33 bits per heavy atom. The van der Waals surface area contributed by atoms with Gasteiger partial charge in [0.1, 0.15) is 5.15 Å². The van der Waals surface area contributed by atoms with Crippen molar-refractivity contribution in [3.05, 3.63) is 51.8 Å². The van der Waals surface area contributed by atoms with Crippen molar-refractivity contribution in [2.75, 3.05) is 16.8 Å². The van der Waals surface area contributed by atoms with Gasteiger partial charge in [-0.2, -0.15) is 5.10 Å². The van der Waals surface area contributed by atoms with E-state index in [2.05, 4.69) is 10.4 Å². The van der Waals surface area contributed by atoms with Gasteiger partial charge in [0.2, 0.25) is 5.91 Å². The molecule has 0 unspecified atom stereocenters. The molecule has 1 N–H and O–H groups in total. The summed E-state index contributed by atoms with van der Waals surface area (Å²) in [6.45, 7) is 5.68. The first-order valence-corrected chi connectivity index (χ1v) is 10.9. The minimum atomic E-state index is -3.03. The van der Waals surface area contributed by atoms with Crippen molar-refractivity contribution in [2.45, 2.75) is 33.2 Å². The molecule has 1 aromatic heterocycles. The van der Waals surface area contributed by atoms with Gasteiger partial charge in [-0.3, -0.25) is 4.79 Å². The Morgan fingerprint density at radius 2 is 2.07 bits per heavy atom. The molecule has 8 heteroatoms. The summed E-state index contributed by atoms with van der Waals surface area (Å²) in [6.07, 6.45) is 3.53. The third-order valence-electron chi connectivity index (χ3n) is 4.68. The van der Waals surface area contributed by atoms with Crippen LogP contribution in [0.25, 0.3) is 6.08 Å². The zero-order valence-corrected chi connectivity index (χ0v) is 17.1. The third-order valence-corrected chi connectivity index (χ3v) is 6.80. The van der Waals surface area contributed by atoms with Crippen molar-refractivity contribution in [3.8, 4) is 0 Å². The Balaban J connectivity index is 1.77. The molecule has 2 heterocycles. The van der Waals surface area contributed by atoms with Crippen LogP contribution in [0.2, 0.25) is 5.15 Å². The van der Waals surface area contributed by atoms with Crippen LogP contribution in [0, 0.1) is 20.8 Å². The second kappa shape index (κ2) is 7.48. The van der Waals surface area contributed by atoms with Crippen LogP contribution in [0.15, 0.2) is 24.3 Å². The van der Waals surface area contributed by atoms with Gasteiger partial charge in [-0.05, 0) is 50.5 Å². The van der Waals surface area contributed by atoms with Crippen molar-refractivity contribution in [1.82, 2.24) is 9.78 Å². The lowest BCUT2D eigenvalue weighted by molar-refractivity contribution is -0.111. The smallest absolute Gasteiger partial charge is 0.248 e. The number of hydrogen-bond acceptors (Lipinski definition) is 4. The molecular weight excluding hydrogens is 386 g/mol. The number of rotatable bonds is 4. The first-order chi connectivity index (χ1) is 12.7. The maximum absolute atomic E-state index is 12.3. The van der Waals surface area contributed by atoms with E-state index < -0.39 is 9.84 Å². The minimum Gasteiger partial charge on any atom is -0.322 e. The summed E-state index contributed by atoms with van der Waals surface area (Å²) in [4.78, 5) is 12.3. The number of benzene rings is 1. The highest BCUT2D eigenvalue weighted by molar-refractivity contribution is 7.91. The number of anilines is 1. The summed E-state index contributed by atoms with van der Waals surface area (Å²) in [5, 5.41) is 7.59. The Morgan fingerprint density at radius 3 is 2.74 bits per heavy atom. The van der Waals surface area contributed by atoms with Crippen LogP contribution in [-0.4, -0.2) is 35.6 Å². The van der Waals surface area contributed by atoms with Gasteiger partial charge in [-0.15, -0.1) is 0 Å². The molecule has 1 aliphatic heterocycles. The summed E-state index contributed by atoms with van der Waals surface area (Å²) < 4.78 is 25.0. The lowest BCUT2D eigenvalue weighted by Gasteiger charge is -2.09. The molecule has 0 saturated carbocycles. The molecule has 144 valence electrons. The normalized spacial score (nSPS) is 18.9. The number of nitrogens with zero attached hydrogens (tertiary/aromatic N) is 2. The quantitative estimate of drug-likeness (QED) is 0.787. The molecule has 1 atom stereocenters. The Labute approximate surface area is 164 Å². The van der Waals surface area contributed by atoms with Gasteiger partial charge >= 0.3 is 0 Å². The fourth-order valence-electron chi connectivity index (χ4n) is 3.14. The SMILES string of the molecule is Cc1ccc(C)c(NC(=O)/C=C/c2c(C)nn([C@H]3CCS(=O)(=O)C3)c2Cl)c1. The summed E-state index contributed by atoms with van der Waals surface area (Å²) in [5.41, 5.74) is 4.08. The molecule has 1 aliphatic rings. The molecule has 6 nitrogen and oxygen atoms in total. The second-order valence-corrected chi connectivity index (χ2v) is 9.52. The molecule has 0 bridgehead atoms. The average molecular weight is 408 g/mol. The van der Waals surface area contributed by atoms with E-state index in [0.717, 1.165) is 16.8 Å². The van der Waals surface area contributed by atoms with E-state index in [1.165, 1.54) is 6.08 Å². The highest BCUT2D eigenvalue weighted by Crippen LogP contribution is 2.30. The summed E-state index contributed by atoms with van der Waals surface area (Å²) in [7, 11) is -3.03. The lowest BCUT2D eigenvalue weighted by Crippen LogP contribution is -2.12.